The van der Waals surface area contributed by atoms with Gasteiger partial charge in [-0.15, -0.1) is 0 Å². The summed E-state index contributed by atoms with van der Waals surface area (Å²) in [5.41, 5.74) is 0.568. The van der Waals surface area contributed by atoms with Gasteiger partial charge in [0.1, 0.15) is 5.82 Å². The highest BCUT2D eigenvalue weighted by Gasteiger charge is 2.05. The maximum absolute atomic E-state index is 12.4. The molecule has 1 N–H and O–H groups in total. The number of hydrogen-bond acceptors (Lipinski definition) is 2. The van der Waals surface area contributed by atoms with Crippen molar-refractivity contribution in [3.8, 4) is 6.07 Å². The summed E-state index contributed by atoms with van der Waals surface area (Å²) in [6.45, 7) is 0. The standard InChI is InChI=1S/C9H8FNO/c10-8-3-1-7(2-4-8)9(12)5-6-11/h1-4,9,12H,5H2. The number of aliphatic hydroxyl groups is 1. The van der Waals surface area contributed by atoms with Crippen molar-refractivity contribution in [1.82, 2.24) is 0 Å². The van der Waals surface area contributed by atoms with E-state index in [2.05, 4.69) is 0 Å². The Morgan fingerprint density at radius 3 is 2.50 bits per heavy atom. The summed E-state index contributed by atoms with van der Waals surface area (Å²) >= 11 is 0. The molecule has 0 heterocycles. The highest BCUT2D eigenvalue weighted by atomic mass is 19.1. The van der Waals surface area contributed by atoms with E-state index in [0.717, 1.165) is 0 Å². The van der Waals surface area contributed by atoms with Crippen molar-refractivity contribution in [3.63, 3.8) is 0 Å². The lowest BCUT2D eigenvalue weighted by atomic mass is 10.1. The van der Waals surface area contributed by atoms with Crippen molar-refractivity contribution in [2.24, 2.45) is 0 Å². The molecule has 0 amide bonds. The smallest absolute Gasteiger partial charge is 0.123 e. The second kappa shape index (κ2) is 3.84. The van der Waals surface area contributed by atoms with Gasteiger partial charge in [0.2, 0.25) is 0 Å². The minimum absolute atomic E-state index is 0.0334. The van der Waals surface area contributed by atoms with Crippen LogP contribution >= 0.6 is 0 Å². The predicted octanol–water partition coefficient (Wildman–Crippen LogP) is 1.77. The first-order valence-electron chi connectivity index (χ1n) is 3.54. The van der Waals surface area contributed by atoms with Crippen LogP contribution in [0.25, 0.3) is 0 Å². The van der Waals surface area contributed by atoms with Crippen LogP contribution in [0.1, 0.15) is 18.1 Å². The topological polar surface area (TPSA) is 44.0 Å². The minimum atomic E-state index is -0.810. The van der Waals surface area contributed by atoms with E-state index in [1.165, 1.54) is 24.3 Å². The first-order chi connectivity index (χ1) is 5.74. The predicted molar refractivity (Wildman–Crippen MR) is 41.6 cm³/mol. The molecule has 62 valence electrons. The van der Waals surface area contributed by atoms with Crippen LogP contribution in [0.3, 0.4) is 0 Å². The number of hydrogen-bond donors (Lipinski definition) is 1. The molecule has 0 saturated heterocycles. The highest BCUT2D eigenvalue weighted by Crippen LogP contribution is 2.15. The average Bonchev–Trinajstić information content (AvgIpc) is 2.06. The van der Waals surface area contributed by atoms with Crippen LogP contribution in [-0.4, -0.2) is 5.11 Å². The molecule has 1 aromatic rings. The Labute approximate surface area is 69.9 Å². The number of rotatable bonds is 2. The van der Waals surface area contributed by atoms with Crippen LogP contribution in [0.15, 0.2) is 24.3 Å². The van der Waals surface area contributed by atoms with Crippen LogP contribution in [-0.2, 0) is 0 Å². The lowest BCUT2D eigenvalue weighted by Crippen LogP contribution is -1.95. The molecule has 12 heavy (non-hydrogen) atoms. The van der Waals surface area contributed by atoms with Crippen LogP contribution in [0, 0.1) is 17.1 Å². The summed E-state index contributed by atoms with van der Waals surface area (Å²) in [5.74, 6) is -0.345. The summed E-state index contributed by atoms with van der Waals surface area (Å²) in [6.07, 6.45) is -0.776. The Morgan fingerprint density at radius 1 is 1.42 bits per heavy atom. The third kappa shape index (κ3) is 2.04. The van der Waals surface area contributed by atoms with E-state index in [-0.39, 0.29) is 12.2 Å². The molecule has 0 aliphatic rings. The average molecular weight is 165 g/mol. The summed E-state index contributed by atoms with van der Waals surface area (Å²) < 4.78 is 12.4. The molecule has 0 aliphatic carbocycles. The van der Waals surface area contributed by atoms with Crippen LogP contribution in [0.4, 0.5) is 4.39 Å². The van der Waals surface area contributed by atoms with E-state index in [9.17, 15) is 9.50 Å². The fourth-order valence-corrected chi connectivity index (χ4v) is 0.889. The molecule has 1 aromatic carbocycles. The number of nitrogens with zero attached hydrogens (tertiary/aromatic N) is 1. The third-order valence-electron chi connectivity index (χ3n) is 1.54. The molecule has 0 radical (unpaired) electrons. The molecule has 0 aromatic heterocycles. The Kier molecular flexibility index (Phi) is 2.78. The van der Waals surface area contributed by atoms with Crippen LogP contribution in [0.2, 0.25) is 0 Å². The highest BCUT2D eigenvalue weighted by molar-refractivity contribution is 5.19. The molecule has 1 atom stereocenters. The number of nitriles is 1. The van der Waals surface area contributed by atoms with Gasteiger partial charge >= 0.3 is 0 Å². The van der Waals surface area contributed by atoms with E-state index in [1.807, 2.05) is 6.07 Å². The van der Waals surface area contributed by atoms with Gasteiger partial charge in [-0.1, -0.05) is 12.1 Å². The van der Waals surface area contributed by atoms with E-state index < -0.39 is 6.10 Å². The summed E-state index contributed by atoms with van der Waals surface area (Å²) in [7, 11) is 0. The van der Waals surface area contributed by atoms with Gasteiger partial charge in [0.15, 0.2) is 0 Å². The molecule has 1 unspecified atom stereocenters. The first kappa shape index (κ1) is 8.69. The maximum Gasteiger partial charge on any atom is 0.123 e. The fraction of sp³-hybridized carbons (Fsp3) is 0.222. The monoisotopic (exact) mass is 165 g/mol. The first-order valence-corrected chi connectivity index (χ1v) is 3.54. The van der Waals surface area contributed by atoms with Gasteiger partial charge in [-0.3, -0.25) is 0 Å². The number of benzene rings is 1. The number of halogens is 1. The Hall–Kier alpha value is -1.40. The molecule has 0 bridgehead atoms. The third-order valence-corrected chi connectivity index (χ3v) is 1.54. The zero-order valence-electron chi connectivity index (χ0n) is 6.37. The molecule has 0 aliphatic heterocycles. The van der Waals surface area contributed by atoms with Gasteiger partial charge in [0.25, 0.3) is 0 Å². The summed E-state index contributed by atoms with van der Waals surface area (Å²) in [5, 5.41) is 17.5. The quantitative estimate of drug-likeness (QED) is 0.725. The minimum Gasteiger partial charge on any atom is -0.387 e. The lowest BCUT2D eigenvalue weighted by Gasteiger charge is -2.05. The Morgan fingerprint density at radius 2 is 2.00 bits per heavy atom. The van der Waals surface area contributed by atoms with Gasteiger partial charge in [0.05, 0.1) is 18.6 Å². The molecule has 0 saturated carbocycles. The lowest BCUT2D eigenvalue weighted by molar-refractivity contribution is 0.183. The molecular weight excluding hydrogens is 157 g/mol. The zero-order valence-corrected chi connectivity index (χ0v) is 6.37. The van der Waals surface area contributed by atoms with Gasteiger partial charge in [0, 0.05) is 0 Å². The zero-order chi connectivity index (χ0) is 8.97. The Balaban J connectivity index is 2.76. The normalized spacial score (nSPS) is 12.1. The second-order valence-electron chi connectivity index (χ2n) is 2.43. The van der Waals surface area contributed by atoms with Crippen molar-refractivity contribution in [2.45, 2.75) is 12.5 Å². The largest absolute Gasteiger partial charge is 0.387 e. The van der Waals surface area contributed by atoms with Crippen LogP contribution in [0.5, 0.6) is 0 Å². The van der Waals surface area contributed by atoms with E-state index in [4.69, 9.17) is 5.26 Å². The molecule has 2 nitrogen and oxygen atoms in total. The summed E-state index contributed by atoms with van der Waals surface area (Å²) in [6, 6.07) is 7.30. The maximum atomic E-state index is 12.4. The van der Waals surface area contributed by atoms with Crippen molar-refractivity contribution in [3.05, 3.63) is 35.6 Å². The summed E-state index contributed by atoms with van der Waals surface area (Å²) in [4.78, 5) is 0. The van der Waals surface area contributed by atoms with E-state index in [0.29, 0.717) is 5.56 Å². The fourth-order valence-electron chi connectivity index (χ4n) is 0.889. The van der Waals surface area contributed by atoms with Crippen molar-refractivity contribution < 1.29 is 9.50 Å². The van der Waals surface area contributed by atoms with Gasteiger partial charge < -0.3 is 5.11 Å². The molecule has 3 heteroatoms. The second-order valence-corrected chi connectivity index (χ2v) is 2.43. The van der Waals surface area contributed by atoms with Crippen molar-refractivity contribution in [2.75, 3.05) is 0 Å². The van der Waals surface area contributed by atoms with E-state index in [1.54, 1.807) is 0 Å². The molecular formula is C9H8FNO. The van der Waals surface area contributed by atoms with Gasteiger partial charge in [-0.05, 0) is 17.7 Å². The van der Waals surface area contributed by atoms with Crippen LogP contribution < -0.4 is 0 Å². The van der Waals surface area contributed by atoms with Crippen molar-refractivity contribution >= 4 is 0 Å². The van der Waals surface area contributed by atoms with Gasteiger partial charge in [-0.2, -0.15) is 5.26 Å². The molecule has 1 rings (SSSR count). The van der Waals surface area contributed by atoms with Gasteiger partial charge in [-0.25, -0.2) is 4.39 Å². The van der Waals surface area contributed by atoms with Crippen molar-refractivity contribution in [1.29, 1.82) is 5.26 Å². The molecule has 0 fully saturated rings. The Bertz CT molecular complexity index is 288. The SMILES string of the molecule is N#CCC(O)c1ccc(F)cc1. The number of aliphatic hydroxyl groups excluding tert-OH is 1. The van der Waals surface area contributed by atoms with E-state index >= 15 is 0 Å². The molecule has 0 spiro atoms.